The molecular weight excluding hydrogens is 368 g/mol. The number of para-hydroxylation sites is 2. The van der Waals surface area contributed by atoms with Crippen molar-refractivity contribution in [1.29, 1.82) is 0 Å². The number of hydrogen-bond donors (Lipinski definition) is 1. The minimum absolute atomic E-state index is 0.0852. The topological polar surface area (TPSA) is 32.3 Å². The lowest BCUT2D eigenvalue weighted by atomic mass is 9.80. The van der Waals surface area contributed by atoms with Gasteiger partial charge in [-0.3, -0.25) is 4.79 Å². The Labute approximate surface area is 179 Å². The first-order valence-corrected chi connectivity index (χ1v) is 11.0. The van der Waals surface area contributed by atoms with E-state index >= 15 is 0 Å². The molecule has 1 aliphatic rings. The molecule has 1 aliphatic heterocycles. The van der Waals surface area contributed by atoms with Crippen LogP contribution in [-0.2, 0) is 6.42 Å². The van der Waals surface area contributed by atoms with Crippen molar-refractivity contribution in [2.24, 2.45) is 5.92 Å². The van der Waals surface area contributed by atoms with E-state index in [0.717, 1.165) is 29.8 Å². The van der Waals surface area contributed by atoms with Gasteiger partial charge >= 0.3 is 0 Å². The average Bonchev–Trinajstić information content (AvgIpc) is 2.80. The summed E-state index contributed by atoms with van der Waals surface area (Å²) in [5.41, 5.74) is 5.30. The first-order valence-electron chi connectivity index (χ1n) is 11.0. The second-order valence-electron chi connectivity index (χ2n) is 8.11. The molecule has 3 atom stereocenters. The van der Waals surface area contributed by atoms with Gasteiger partial charge in [-0.2, -0.15) is 0 Å². The lowest BCUT2D eigenvalue weighted by molar-refractivity contribution is 0.0960. The van der Waals surface area contributed by atoms with E-state index in [0.29, 0.717) is 0 Å². The summed E-state index contributed by atoms with van der Waals surface area (Å²) in [4.78, 5) is 15.7. The van der Waals surface area contributed by atoms with E-state index in [1.165, 1.54) is 11.1 Å². The van der Waals surface area contributed by atoms with Crippen LogP contribution in [-0.4, -0.2) is 11.9 Å². The third-order valence-electron chi connectivity index (χ3n) is 6.34. The highest BCUT2D eigenvalue weighted by molar-refractivity contribution is 6.07. The number of anilines is 2. The average molecular weight is 399 g/mol. The van der Waals surface area contributed by atoms with Crippen molar-refractivity contribution in [2.45, 2.75) is 45.7 Å². The lowest BCUT2D eigenvalue weighted by Gasteiger charge is -2.45. The summed E-state index contributed by atoms with van der Waals surface area (Å²) < 4.78 is 0. The number of carbonyl (C=O) groups excluding carboxylic acids is 1. The number of benzene rings is 3. The zero-order chi connectivity index (χ0) is 21.1. The standard InChI is InChI=1S/C27H30N2O/c1-4-20-15-17-21(18-16-20)27(30)29-24(5-2)19(3)26(23-13-9-10-14-25(23)29)28-22-11-7-6-8-12-22/h6-19,24,26,28H,4-5H2,1-3H3/t19-,24?,26?/m0/s1. The Balaban J connectivity index is 1.74. The van der Waals surface area contributed by atoms with Gasteiger partial charge in [0.25, 0.3) is 5.91 Å². The molecule has 154 valence electrons. The molecule has 0 saturated carbocycles. The quantitative estimate of drug-likeness (QED) is 0.534. The monoisotopic (exact) mass is 398 g/mol. The van der Waals surface area contributed by atoms with E-state index < -0.39 is 0 Å². The van der Waals surface area contributed by atoms with Crippen LogP contribution in [0.3, 0.4) is 0 Å². The summed E-state index contributed by atoms with van der Waals surface area (Å²) in [6.45, 7) is 6.56. The number of aryl methyl sites for hydroxylation is 1. The fourth-order valence-corrected chi connectivity index (χ4v) is 4.65. The van der Waals surface area contributed by atoms with E-state index in [4.69, 9.17) is 0 Å². The number of carbonyl (C=O) groups is 1. The van der Waals surface area contributed by atoms with Crippen molar-refractivity contribution in [3.05, 3.63) is 95.6 Å². The van der Waals surface area contributed by atoms with Gasteiger partial charge in [0.2, 0.25) is 0 Å². The zero-order valence-electron chi connectivity index (χ0n) is 18.0. The van der Waals surface area contributed by atoms with Crippen LogP contribution in [0.2, 0.25) is 0 Å². The van der Waals surface area contributed by atoms with Crippen LogP contribution in [0.25, 0.3) is 0 Å². The van der Waals surface area contributed by atoms with E-state index in [9.17, 15) is 4.79 Å². The number of nitrogens with one attached hydrogen (secondary N) is 1. The van der Waals surface area contributed by atoms with Gasteiger partial charge in [-0.15, -0.1) is 0 Å². The maximum atomic E-state index is 13.6. The van der Waals surface area contributed by atoms with Crippen molar-refractivity contribution in [3.8, 4) is 0 Å². The number of fused-ring (bicyclic) bond motifs is 1. The maximum absolute atomic E-state index is 13.6. The summed E-state index contributed by atoms with van der Waals surface area (Å²) in [5.74, 6) is 0.353. The molecule has 1 amide bonds. The predicted octanol–water partition coefficient (Wildman–Crippen LogP) is 6.48. The number of amides is 1. The zero-order valence-corrected chi connectivity index (χ0v) is 18.0. The first kappa shape index (κ1) is 20.2. The molecule has 3 aromatic rings. The van der Waals surface area contributed by atoms with E-state index in [1.807, 2.05) is 29.2 Å². The normalized spacial score (nSPS) is 20.5. The molecule has 2 unspecified atom stereocenters. The fraction of sp³-hybridized carbons (Fsp3) is 0.296. The summed E-state index contributed by atoms with van der Waals surface area (Å²) in [6, 6.07) is 27.0. The number of rotatable bonds is 5. The number of hydrogen-bond acceptors (Lipinski definition) is 2. The van der Waals surface area contributed by atoms with Crippen LogP contribution < -0.4 is 10.2 Å². The Kier molecular flexibility index (Phi) is 5.89. The van der Waals surface area contributed by atoms with Gasteiger partial charge in [-0.25, -0.2) is 0 Å². The van der Waals surface area contributed by atoms with Crippen LogP contribution >= 0.6 is 0 Å². The minimum atomic E-state index is 0.0852. The van der Waals surface area contributed by atoms with Gasteiger partial charge in [-0.1, -0.05) is 69.3 Å². The Hall–Kier alpha value is -3.07. The highest BCUT2D eigenvalue weighted by Crippen LogP contribution is 2.43. The summed E-state index contributed by atoms with van der Waals surface area (Å²) >= 11 is 0. The van der Waals surface area contributed by atoms with Gasteiger partial charge < -0.3 is 10.2 Å². The van der Waals surface area contributed by atoms with E-state index in [-0.39, 0.29) is 23.9 Å². The molecule has 0 fully saturated rings. The molecule has 30 heavy (non-hydrogen) atoms. The molecule has 3 heteroatoms. The molecule has 4 rings (SSSR count). The van der Waals surface area contributed by atoms with Gasteiger partial charge in [0, 0.05) is 28.9 Å². The van der Waals surface area contributed by atoms with Crippen molar-refractivity contribution < 1.29 is 4.79 Å². The highest BCUT2D eigenvalue weighted by atomic mass is 16.2. The van der Waals surface area contributed by atoms with Gasteiger partial charge in [-0.05, 0) is 54.3 Å². The van der Waals surface area contributed by atoms with Crippen LogP contribution in [0.4, 0.5) is 11.4 Å². The highest BCUT2D eigenvalue weighted by Gasteiger charge is 2.40. The molecule has 0 aromatic heterocycles. The van der Waals surface area contributed by atoms with Gasteiger partial charge in [0.1, 0.15) is 0 Å². The van der Waals surface area contributed by atoms with Gasteiger partial charge in [0.05, 0.1) is 6.04 Å². The molecule has 0 spiro atoms. The smallest absolute Gasteiger partial charge is 0.258 e. The largest absolute Gasteiger partial charge is 0.378 e. The second kappa shape index (κ2) is 8.74. The summed E-state index contributed by atoms with van der Waals surface area (Å²) in [6.07, 6.45) is 1.88. The third-order valence-corrected chi connectivity index (χ3v) is 6.34. The Morgan fingerprint density at radius 2 is 1.57 bits per heavy atom. The van der Waals surface area contributed by atoms with Crippen molar-refractivity contribution in [2.75, 3.05) is 10.2 Å². The van der Waals surface area contributed by atoms with Crippen LogP contribution in [0.15, 0.2) is 78.9 Å². The molecule has 1 N–H and O–H groups in total. The Bertz CT molecular complexity index is 997. The molecule has 0 aliphatic carbocycles. The van der Waals surface area contributed by atoms with Crippen molar-refractivity contribution in [1.82, 2.24) is 0 Å². The van der Waals surface area contributed by atoms with Gasteiger partial charge in [0.15, 0.2) is 0 Å². The first-order chi connectivity index (χ1) is 14.6. The van der Waals surface area contributed by atoms with Crippen LogP contribution in [0, 0.1) is 5.92 Å². The fourth-order valence-electron chi connectivity index (χ4n) is 4.65. The maximum Gasteiger partial charge on any atom is 0.258 e. The van der Waals surface area contributed by atoms with Crippen molar-refractivity contribution in [3.63, 3.8) is 0 Å². The molecule has 1 heterocycles. The molecule has 0 radical (unpaired) electrons. The molecule has 3 nitrogen and oxygen atoms in total. The van der Waals surface area contributed by atoms with Crippen molar-refractivity contribution >= 4 is 17.3 Å². The molecular formula is C27H30N2O. The lowest BCUT2D eigenvalue weighted by Crippen LogP contribution is -2.50. The minimum Gasteiger partial charge on any atom is -0.378 e. The van der Waals surface area contributed by atoms with E-state index in [1.54, 1.807) is 0 Å². The SMILES string of the molecule is CCc1ccc(C(=O)N2c3ccccc3C(Nc3ccccc3)[C@@H](C)C2CC)cc1. The number of nitrogens with zero attached hydrogens (tertiary/aromatic N) is 1. The Morgan fingerprint density at radius 1 is 0.900 bits per heavy atom. The molecule has 3 aromatic carbocycles. The third kappa shape index (κ3) is 3.72. The van der Waals surface area contributed by atoms with Crippen LogP contribution in [0.5, 0.6) is 0 Å². The van der Waals surface area contributed by atoms with Crippen LogP contribution in [0.1, 0.15) is 54.7 Å². The Morgan fingerprint density at radius 3 is 2.23 bits per heavy atom. The summed E-state index contributed by atoms with van der Waals surface area (Å²) in [7, 11) is 0. The summed E-state index contributed by atoms with van der Waals surface area (Å²) in [5, 5.41) is 3.73. The molecule has 0 bridgehead atoms. The predicted molar refractivity (Wildman–Crippen MR) is 125 cm³/mol. The van der Waals surface area contributed by atoms with E-state index in [2.05, 4.69) is 80.7 Å². The molecule has 0 saturated heterocycles. The second-order valence-corrected chi connectivity index (χ2v) is 8.11.